The van der Waals surface area contributed by atoms with Gasteiger partial charge in [0.2, 0.25) is 11.8 Å². The van der Waals surface area contributed by atoms with E-state index in [4.69, 9.17) is 14.2 Å². The summed E-state index contributed by atoms with van der Waals surface area (Å²) in [6, 6.07) is 15.6. The van der Waals surface area contributed by atoms with Crippen molar-refractivity contribution < 1.29 is 42.1 Å². The van der Waals surface area contributed by atoms with Gasteiger partial charge in [-0.1, -0.05) is 45.0 Å². The second kappa shape index (κ2) is 14.7. The number of nitrogens with one attached hydrogen (secondary N) is 2. The van der Waals surface area contributed by atoms with Crippen molar-refractivity contribution in [1.29, 1.82) is 0 Å². The number of ether oxygens (including phenoxy) is 3. The minimum absolute atomic E-state index is 0.0191. The minimum atomic E-state index is -4.43. The summed E-state index contributed by atoms with van der Waals surface area (Å²) in [7, 11) is -2.86. The van der Waals surface area contributed by atoms with Gasteiger partial charge in [-0.15, -0.1) is 6.58 Å². The zero-order valence-electron chi connectivity index (χ0n) is 30.6. The van der Waals surface area contributed by atoms with Crippen LogP contribution in [0, 0.1) is 18.3 Å². The Morgan fingerprint density at radius 2 is 1.80 bits per heavy atom. The van der Waals surface area contributed by atoms with Gasteiger partial charge in [-0.25, -0.2) is 18.1 Å². The number of pyridine rings is 2. The first-order chi connectivity index (χ1) is 25.6. The molecule has 0 unspecified atom stereocenters. The number of para-hydroxylation sites is 1. The number of fused-ring (bicyclic) bond motifs is 1. The van der Waals surface area contributed by atoms with Crippen molar-refractivity contribution >= 4 is 38.6 Å². The molecule has 2 aliphatic rings. The van der Waals surface area contributed by atoms with Crippen molar-refractivity contribution in [2.75, 3.05) is 13.7 Å². The molecule has 2 aromatic carbocycles. The maximum absolute atomic E-state index is 14.1. The maximum Gasteiger partial charge on any atom is 0.265 e. The predicted octanol–water partition coefficient (Wildman–Crippen LogP) is 4.06. The van der Waals surface area contributed by atoms with Crippen molar-refractivity contribution in [3.63, 3.8) is 0 Å². The molecule has 14 nitrogen and oxygen atoms in total. The lowest BCUT2D eigenvalue weighted by Crippen LogP contribution is -2.57. The number of amides is 3. The van der Waals surface area contributed by atoms with E-state index in [9.17, 15) is 27.9 Å². The van der Waals surface area contributed by atoms with Crippen LogP contribution in [-0.4, -0.2) is 83.6 Å². The molecule has 284 valence electrons. The van der Waals surface area contributed by atoms with Crippen LogP contribution in [0.3, 0.4) is 0 Å². The zero-order valence-corrected chi connectivity index (χ0v) is 31.4. The van der Waals surface area contributed by atoms with Crippen LogP contribution in [0.2, 0.25) is 0 Å². The van der Waals surface area contributed by atoms with Crippen LogP contribution < -0.4 is 24.2 Å². The van der Waals surface area contributed by atoms with Gasteiger partial charge in [-0.3, -0.25) is 19.4 Å². The van der Waals surface area contributed by atoms with Gasteiger partial charge in [0.15, 0.2) is 0 Å². The summed E-state index contributed by atoms with van der Waals surface area (Å²) in [5.74, 6) is -1.18. The van der Waals surface area contributed by atoms with Crippen LogP contribution >= 0.6 is 0 Å². The third-order valence-corrected chi connectivity index (χ3v) is 11.1. The van der Waals surface area contributed by atoms with E-state index in [0.29, 0.717) is 28.2 Å². The molecule has 2 aromatic heterocycles. The lowest BCUT2D eigenvalue weighted by Gasteiger charge is -2.32. The summed E-state index contributed by atoms with van der Waals surface area (Å²) in [5, 5.41) is 14.5. The molecule has 54 heavy (non-hydrogen) atoms. The summed E-state index contributed by atoms with van der Waals surface area (Å²) in [4.78, 5) is 51.2. The molecular formula is C39H43N5O9S. The van der Waals surface area contributed by atoms with Crippen LogP contribution in [0.25, 0.3) is 10.9 Å². The van der Waals surface area contributed by atoms with Crippen LogP contribution in [-0.2, 0) is 24.4 Å². The molecule has 0 bridgehead atoms. The Hall–Kier alpha value is -5.54. The average Bonchev–Trinajstić information content (AvgIpc) is 3.70. The summed E-state index contributed by atoms with van der Waals surface area (Å²) in [6.07, 6.45) is 2.06. The highest BCUT2D eigenvalue weighted by Crippen LogP contribution is 2.45. The predicted molar refractivity (Wildman–Crippen MR) is 198 cm³/mol. The summed E-state index contributed by atoms with van der Waals surface area (Å²) < 4.78 is 46.2. The fourth-order valence-electron chi connectivity index (χ4n) is 6.53. The number of carbonyl (C=O) groups excluding carboxylic acids is 3. The SMILES string of the molecule is C=C[C@@H]1C[C@]1(NC(=O)[C@H]1C[C@@H](Oc2ccnc3c(C)c(OC)ccc23)CN1C(=O)[C@@H](O)C(C)(C)C)C(=O)NS(=O)(=O)c1ccc(Oc2ccccc2)nc1. The molecule has 3 heterocycles. The lowest BCUT2D eigenvalue weighted by molar-refractivity contribution is -0.150. The van der Waals surface area contributed by atoms with Gasteiger partial charge >= 0.3 is 0 Å². The van der Waals surface area contributed by atoms with Gasteiger partial charge in [-0.05, 0) is 55.2 Å². The third-order valence-electron chi connectivity index (χ3n) is 9.76. The summed E-state index contributed by atoms with van der Waals surface area (Å²) in [5.41, 5.74) is -1.04. The highest BCUT2D eigenvalue weighted by Gasteiger charge is 2.61. The Bertz CT molecular complexity index is 2190. The number of likely N-dealkylation sites (tertiary alicyclic amines) is 1. The highest BCUT2D eigenvalue weighted by atomic mass is 32.2. The van der Waals surface area contributed by atoms with E-state index in [1.165, 1.54) is 23.1 Å². The Balaban J connectivity index is 1.21. The van der Waals surface area contributed by atoms with E-state index < -0.39 is 62.9 Å². The Labute approximate surface area is 313 Å². The van der Waals surface area contributed by atoms with Crippen molar-refractivity contribution in [3.05, 3.63) is 91.3 Å². The number of nitrogens with zero attached hydrogens (tertiary/aromatic N) is 3. The molecule has 0 spiro atoms. The molecule has 2 fully saturated rings. The Kier molecular flexibility index (Phi) is 10.4. The number of aliphatic hydroxyl groups excluding tert-OH is 1. The van der Waals surface area contributed by atoms with Gasteiger partial charge in [0.1, 0.15) is 45.9 Å². The fraction of sp³-hybridized carbons (Fsp3) is 0.359. The first kappa shape index (κ1) is 38.2. The van der Waals surface area contributed by atoms with Gasteiger partial charge in [0, 0.05) is 35.6 Å². The number of aliphatic hydroxyl groups is 1. The first-order valence-electron chi connectivity index (χ1n) is 17.4. The van der Waals surface area contributed by atoms with Gasteiger partial charge in [0.05, 0.1) is 25.4 Å². The van der Waals surface area contributed by atoms with Gasteiger partial charge in [-0.2, -0.15) is 0 Å². The molecule has 4 aromatic rings. The largest absolute Gasteiger partial charge is 0.496 e. The van der Waals surface area contributed by atoms with E-state index in [1.54, 1.807) is 70.5 Å². The number of rotatable bonds is 12. The highest BCUT2D eigenvalue weighted by molar-refractivity contribution is 7.90. The number of methoxy groups -OCH3 is 1. The molecule has 1 saturated carbocycles. The first-order valence-corrected chi connectivity index (χ1v) is 18.8. The Morgan fingerprint density at radius 1 is 1.06 bits per heavy atom. The monoisotopic (exact) mass is 757 g/mol. The number of sulfonamides is 1. The third kappa shape index (κ3) is 7.59. The molecule has 3 N–H and O–H groups in total. The smallest absolute Gasteiger partial charge is 0.265 e. The lowest BCUT2D eigenvalue weighted by atomic mass is 9.88. The number of hydrogen-bond donors (Lipinski definition) is 3. The van der Waals surface area contributed by atoms with E-state index in [0.717, 1.165) is 11.8 Å². The van der Waals surface area contributed by atoms with E-state index in [1.807, 2.05) is 19.1 Å². The Morgan fingerprint density at radius 3 is 2.43 bits per heavy atom. The normalized spacial score (nSPS) is 21.5. The molecule has 1 saturated heterocycles. The standard InChI is InChI=1S/C39H43N5O9S/c1-7-24-20-39(24,37(48)43-54(49,50)27-13-16-32(41-21-27)53-25-11-9-8-10-12-25)42-35(46)29-19-26(22-44(29)36(47)34(45)38(3,4)5)52-31-17-18-40-33-23(2)30(51-6)15-14-28(31)33/h7-18,21,24,26,29,34,45H,1,19-20,22H2,2-6H3,(H,42,46)(H,43,48)/t24-,26-,29-,34-,39-/m1/s1. The summed E-state index contributed by atoms with van der Waals surface area (Å²) >= 11 is 0. The maximum atomic E-state index is 14.1. The van der Waals surface area contributed by atoms with Crippen LogP contribution in [0.4, 0.5) is 0 Å². The van der Waals surface area contributed by atoms with E-state index >= 15 is 0 Å². The molecular weight excluding hydrogens is 715 g/mol. The second-order valence-corrected chi connectivity index (χ2v) is 16.2. The molecule has 5 atom stereocenters. The van der Waals surface area contributed by atoms with Gasteiger partial charge in [0.25, 0.3) is 21.8 Å². The second-order valence-electron chi connectivity index (χ2n) is 14.5. The molecule has 0 radical (unpaired) electrons. The zero-order chi connectivity index (χ0) is 39.0. The number of benzene rings is 2. The molecule has 3 amide bonds. The van der Waals surface area contributed by atoms with Crippen molar-refractivity contribution in [2.45, 2.75) is 69.2 Å². The van der Waals surface area contributed by atoms with Crippen LogP contribution in [0.1, 0.15) is 39.2 Å². The summed E-state index contributed by atoms with van der Waals surface area (Å²) in [6.45, 7) is 10.7. The number of hydrogen-bond acceptors (Lipinski definition) is 11. The molecule has 6 rings (SSSR count). The van der Waals surface area contributed by atoms with Crippen LogP contribution in [0.5, 0.6) is 23.1 Å². The quantitative estimate of drug-likeness (QED) is 0.177. The van der Waals surface area contributed by atoms with Crippen LogP contribution in [0.15, 0.2) is 90.6 Å². The van der Waals surface area contributed by atoms with Gasteiger partial charge < -0.3 is 29.5 Å². The minimum Gasteiger partial charge on any atom is -0.496 e. The van der Waals surface area contributed by atoms with Crippen molar-refractivity contribution in [1.82, 2.24) is 24.9 Å². The molecule has 1 aliphatic heterocycles. The van der Waals surface area contributed by atoms with E-state index in [-0.39, 0.29) is 30.2 Å². The average molecular weight is 758 g/mol. The van der Waals surface area contributed by atoms with Crippen molar-refractivity contribution in [2.24, 2.45) is 11.3 Å². The topological polar surface area (TPSA) is 186 Å². The number of aryl methyl sites for hydroxylation is 1. The van der Waals surface area contributed by atoms with Crippen molar-refractivity contribution in [3.8, 4) is 23.1 Å². The molecule has 15 heteroatoms. The number of carbonyl (C=O) groups is 3. The molecule has 1 aliphatic carbocycles. The number of aromatic nitrogens is 2. The fourth-order valence-corrected chi connectivity index (χ4v) is 7.51. The van der Waals surface area contributed by atoms with E-state index in [2.05, 4.69) is 26.6 Å².